The number of hydrogen-bond donors (Lipinski definition) is 0. The van der Waals surface area contributed by atoms with Gasteiger partial charge >= 0.3 is 0 Å². The molecule has 9 heteroatoms. The Labute approximate surface area is 172 Å². The quantitative estimate of drug-likeness (QED) is 0.735. The Kier molecular flexibility index (Phi) is 5.60. The molecule has 2 aliphatic heterocycles. The Morgan fingerprint density at radius 2 is 1.69 bits per heavy atom. The van der Waals surface area contributed by atoms with Gasteiger partial charge in [-0.15, -0.1) is 0 Å². The molecular weight excluding hydrogens is 390 g/mol. The zero-order valence-corrected chi connectivity index (χ0v) is 17.7. The first-order chi connectivity index (χ1) is 14.0. The van der Waals surface area contributed by atoms with Gasteiger partial charge in [-0.05, 0) is 49.6 Å². The first kappa shape index (κ1) is 19.9. The SMILES string of the molecule is COc1ccc(S(=O)(=O)N2CCN(c3ccnc(N4CCCC4)n3)CC2)cc1C. The van der Waals surface area contributed by atoms with E-state index < -0.39 is 10.0 Å². The number of anilines is 2. The Morgan fingerprint density at radius 3 is 2.34 bits per heavy atom. The maximum absolute atomic E-state index is 13.0. The molecule has 0 bridgehead atoms. The van der Waals surface area contributed by atoms with Crippen LogP contribution in [-0.4, -0.2) is 69.1 Å². The monoisotopic (exact) mass is 417 g/mol. The van der Waals surface area contributed by atoms with E-state index in [0.29, 0.717) is 36.8 Å². The molecule has 3 heterocycles. The first-order valence-electron chi connectivity index (χ1n) is 9.97. The van der Waals surface area contributed by atoms with Crippen LogP contribution in [0.4, 0.5) is 11.8 Å². The van der Waals surface area contributed by atoms with E-state index in [2.05, 4.69) is 14.8 Å². The van der Waals surface area contributed by atoms with Crippen molar-refractivity contribution in [1.29, 1.82) is 0 Å². The Bertz CT molecular complexity index is 968. The Balaban J connectivity index is 1.45. The third kappa shape index (κ3) is 4.02. The minimum absolute atomic E-state index is 0.308. The third-order valence-electron chi connectivity index (χ3n) is 5.58. The molecule has 0 amide bonds. The third-order valence-corrected chi connectivity index (χ3v) is 7.48. The van der Waals surface area contributed by atoms with Crippen molar-refractivity contribution in [3.05, 3.63) is 36.0 Å². The second kappa shape index (κ2) is 8.16. The number of piperazine rings is 1. The van der Waals surface area contributed by atoms with E-state index >= 15 is 0 Å². The van der Waals surface area contributed by atoms with Crippen LogP contribution in [0, 0.1) is 6.92 Å². The van der Waals surface area contributed by atoms with E-state index in [4.69, 9.17) is 9.72 Å². The van der Waals surface area contributed by atoms with E-state index in [1.807, 2.05) is 13.0 Å². The molecule has 1 aromatic carbocycles. The van der Waals surface area contributed by atoms with E-state index in [-0.39, 0.29) is 0 Å². The molecule has 2 aliphatic rings. The van der Waals surface area contributed by atoms with Crippen molar-refractivity contribution in [3.63, 3.8) is 0 Å². The molecule has 2 aromatic rings. The van der Waals surface area contributed by atoms with Gasteiger partial charge in [-0.3, -0.25) is 0 Å². The van der Waals surface area contributed by atoms with E-state index in [1.54, 1.807) is 35.8 Å². The average Bonchev–Trinajstić information content (AvgIpc) is 3.29. The molecule has 2 saturated heterocycles. The molecule has 0 unspecified atom stereocenters. The smallest absolute Gasteiger partial charge is 0.243 e. The van der Waals surface area contributed by atoms with Crippen LogP contribution in [0.3, 0.4) is 0 Å². The molecule has 4 rings (SSSR count). The molecule has 8 nitrogen and oxygen atoms in total. The highest BCUT2D eigenvalue weighted by molar-refractivity contribution is 7.89. The molecule has 2 fully saturated rings. The lowest BCUT2D eigenvalue weighted by Crippen LogP contribution is -2.49. The van der Waals surface area contributed by atoms with Crippen LogP contribution in [0.2, 0.25) is 0 Å². The van der Waals surface area contributed by atoms with Crippen LogP contribution in [0.5, 0.6) is 5.75 Å². The molecule has 0 atom stereocenters. The minimum atomic E-state index is -3.53. The predicted octanol–water partition coefficient (Wildman–Crippen LogP) is 1.90. The lowest BCUT2D eigenvalue weighted by atomic mass is 10.2. The minimum Gasteiger partial charge on any atom is -0.496 e. The number of sulfonamides is 1. The number of rotatable bonds is 5. The Hall–Kier alpha value is -2.39. The summed E-state index contributed by atoms with van der Waals surface area (Å²) in [5, 5.41) is 0. The zero-order valence-electron chi connectivity index (χ0n) is 16.9. The lowest BCUT2D eigenvalue weighted by Gasteiger charge is -2.35. The maximum atomic E-state index is 13.0. The molecule has 0 saturated carbocycles. The van der Waals surface area contributed by atoms with E-state index in [1.165, 1.54) is 12.8 Å². The van der Waals surface area contributed by atoms with Gasteiger partial charge in [0.15, 0.2) is 0 Å². The van der Waals surface area contributed by atoms with Crippen LogP contribution in [-0.2, 0) is 10.0 Å². The van der Waals surface area contributed by atoms with E-state index in [9.17, 15) is 8.42 Å². The largest absolute Gasteiger partial charge is 0.496 e. The number of methoxy groups -OCH3 is 1. The summed E-state index contributed by atoms with van der Waals surface area (Å²) in [5.41, 5.74) is 0.808. The Morgan fingerprint density at radius 1 is 0.966 bits per heavy atom. The van der Waals surface area contributed by atoms with Crippen molar-refractivity contribution in [2.45, 2.75) is 24.7 Å². The van der Waals surface area contributed by atoms with Crippen LogP contribution in [0.15, 0.2) is 35.4 Å². The molecule has 0 radical (unpaired) electrons. The lowest BCUT2D eigenvalue weighted by molar-refractivity contribution is 0.383. The van der Waals surface area contributed by atoms with Gasteiger partial charge in [-0.1, -0.05) is 0 Å². The van der Waals surface area contributed by atoms with Crippen molar-refractivity contribution in [2.75, 3.05) is 56.2 Å². The topological polar surface area (TPSA) is 78.9 Å². The molecule has 1 aromatic heterocycles. The summed E-state index contributed by atoms with van der Waals surface area (Å²) in [6, 6.07) is 6.89. The van der Waals surface area contributed by atoms with Gasteiger partial charge in [0, 0.05) is 45.5 Å². The summed E-state index contributed by atoms with van der Waals surface area (Å²) in [4.78, 5) is 13.8. The van der Waals surface area contributed by atoms with Crippen molar-refractivity contribution < 1.29 is 13.2 Å². The van der Waals surface area contributed by atoms with Crippen molar-refractivity contribution in [3.8, 4) is 5.75 Å². The summed E-state index contributed by atoms with van der Waals surface area (Å²) < 4.78 is 32.9. The number of nitrogens with zero attached hydrogens (tertiary/aromatic N) is 5. The number of hydrogen-bond acceptors (Lipinski definition) is 7. The van der Waals surface area contributed by atoms with Crippen molar-refractivity contribution in [2.24, 2.45) is 0 Å². The second-order valence-corrected chi connectivity index (χ2v) is 9.37. The van der Waals surface area contributed by atoms with Gasteiger partial charge in [-0.2, -0.15) is 9.29 Å². The second-order valence-electron chi connectivity index (χ2n) is 7.43. The standard InChI is InChI=1S/C20H27N5O3S/c1-16-15-17(5-6-18(16)28-2)29(26,27)25-13-11-23(12-14-25)19-7-8-21-20(22-19)24-9-3-4-10-24/h5-8,15H,3-4,9-14H2,1-2H3. The summed E-state index contributed by atoms with van der Waals surface area (Å²) in [7, 11) is -1.94. The molecule has 0 aliphatic carbocycles. The van der Waals surface area contributed by atoms with Crippen LogP contribution in [0.25, 0.3) is 0 Å². The van der Waals surface area contributed by atoms with Crippen molar-refractivity contribution in [1.82, 2.24) is 14.3 Å². The molecule has 0 N–H and O–H groups in total. The molecular formula is C20H27N5O3S. The number of aromatic nitrogens is 2. The fraction of sp³-hybridized carbons (Fsp3) is 0.500. The normalized spacial score (nSPS) is 18.3. The maximum Gasteiger partial charge on any atom is 0.243 e. The van der Waals surface area contributed by atoms with Gasteiger partial charge in [0.2, 0.25) is 16.0 Å². The average molecular weight is 418 g/mol. The number of ether oxygens (including phenoxy) is 1. The summed E-state index contributed by atoms with van der Waals surface area (Å²) >= 11 is 0. The van der Waals surface area contributed by atoms with Gasteiger partial charge < -0.3 is 14.5 Å². The van der Waals surface area contributed by atoms with Crippen LogP contribution >= 0.6 is 0 Å². The fourth-order valence-corrected chi connectivity index (χ4v) is 5.41. The van der Waals surface area contributed by atoms with Gasteiger partial charge in [0.05, 0.1) is 12.0 Å². The molecule has 156 valence electrons. The van der Waals surface area contributed by atoms with Crippen molar-refractivity contribution >= 4 is 21.8 Å². The van der Waals surface area contributed by atoms with Gasteiger partial charge in [-0.25, -0.2) is 13.4 Å². The number of benzene rings is 1. The molecule has 0 spiro atoms. The van der Waals surface area contributed by atoms with E-state index in [0.717, 1.165) is 30.4 Å². The predicted molar refractivity (Wildman–Crippen MR) is 112 cm³/mol. The fourth-order valence-electron chi connectivity index (χ4n) is 3.90. The van der Waals surface area contributed by atoms with Gasteiger partial charge in [0.25, 0.3) is 0 Å². The van der Waals surface area contributed by atoms with Gasteiger partial charge in [0.1, 0.15) is 11.6 Å². The highest BCUT2D eigenvalue weighted by Crippen LogP contribution is 2.25. The molecule has 29 heavy (non-hydrogen) atoms. The highest BCUT2D eigenvalue weighted by atomic mass is 32.2. The highest BCUT2D eigenvalue weighted by Gasteiger charge is 2.29. The van der Waals surface area contributed by atoms with Crippen LogP contribution < -0.4 is 14.5 Å². The summed E-state index contributed by atoms with van der Waals surface area (Å²) in [6.45, 7) is 5.90. The first-order valence-corrected chi connectivity index (χ1v) is 11.4. The van der Waals surface area contributed by atoms with Crippen LogP contribution in [0.1, 0.15) is 18.4 Å². The summed E-state index contributed by atoms with van der Waals surface area (Å²) in [6.07, 6.45) is 4.14. The summed E-state index contributed by atoms with van der Waals surface area (Å²) in [5.74, 6) is 2.31. The zero-order chi connectivity index (χ0) is 20.4. The number of aryl methyl sites for hydroxylation is 1.